The van der Waals surface area contributed by atoms with E-state index in [0.29, 0.717) is 16.7 Å². The van der Waals surface area contributed by atoms with Gasteiger partial charge in [0.25, 0.3) is 0 Å². The van der Waals surface area contributed by atoms with E-state index in [4.69, 9.17) is 17.3 Å². The van der Waals surface area contributed by atoms with Crippen molar-refractivity contribution >= 4 is 50.7 Å². The lowest BCUT2D eigenvalue weighted by atomic mass is 10.1. The molecule has 0 saturated carbocycles. The molecule has 2 aromatic carbocycles. The van der Waals surface area contributed by atoms with Crippen LogP contribution >= 0.6 is 11.6 Å². The maximum Gasteiger partial charge on any atom is 0.156 e. The Morgan fingerprint density at radius 3 is 2.64 bits per heavy atom. The summed E-state index contributed by atoms with van der Waals surface area (Å²) in [6.07, 6.45) is 0. The van der Waals surface area contributed by atoms with Gasteiger partial charge in [-0.3, -0.25) is 5.10 Å². The minimum absolute atomic E-state index is 0.421. The van der Waals surface area contributed by atoms with E-state index >= 15 is 0 Å². The minimum atomic E-state index is 0.421. The van der Waals surface area contributed by atoms with Gasteiger partial charge in [0.15, 0.2) is 5.82 Å². The van der Waals surface area contributed by atoms with E-state index in [9.17, 15) is 0 Å². The fourth-order valence-corrected chi connectivity index (χ4v) is 2.64. The van der Waals surface area contributed by atoms with Crippen LogP contribution in [0.25, 0.3) is 21.8 Å². The summed E-state index contributed by atoms with van der Waals surface area (Å²) >= 11 is 5.92. The van der Waals surface area contributed by atoms with Gasteiger partial charge in [-0.15, -0.1) is 0 Å². The molecule has 0 saturated heterocycles. The summed E-state index contributed by atoms with van der Waals surface area (Å²) in [4.78, 5) is 4.67. The number of nitrogens with one attached hydrogen (secondary N) is 2. The lowest BCUT2D eigenvalue weighted by molar-refractivity contribution is 1.13. The zero-order valence-electron chi connectivity index (χ0n) is 11.5. The number of nitrogens with two attached hydrogens (primary N) is 1. The number of anilines is 3. The van der Waals surface area contributed by atoms with Gasteiger partial charge < -0.3 is 11.1 Å². The molecular formula is C16H12ClN5. The van der Waals surface area contributed by atoms with Gasteiger partial charge in [0.2, 0.25) is 0 Å². The monoisotopic (exact) mass is 309 g/mol. The molecule has 0 amide bonds. The second-order valence-corrected chi connectivity index (χ2v) is 5.40. The van der Waals surface area contributed by atoms with E-state index in [2.05, 4.69) is 20.5 Å². The van der Waals surface area contributed by atoms with Crippen LogP contribution in [0, 0.1) is 0 Å². The molecule has 4 aromatic rings. The molecule has 0 spiro atoms. The van der Waals surface area contributed by atoms with Gasteiger partial charge in [-0.25, -0.2) is 4.98 Å². The Kier molecular flexibility index (Phi) is 2.87. The molecule has 0 aliphatic rings. The summed E-state index contributed by atoms with van der Waals surface area (Å²) < 4.78 is 0. The number of para-hydroxylation sites is 1. The van der Waals surface area contributed by atoms with Gasteiger partial charge in [-0.2, -0.15) is 5.10 Å². The highest BCUT2D eigenvalue weighted by Crippen LogP contribution is 2.33. The Morgan fingerprint density at radius 1 is 1.05 bits per heavy atom. The van der Waals surface area contributed by atoms with Crippen molar-refractivity contribution in [2.75, 3.05) is 11.1 Å². The van der Waals surface area contributed by atoms with Crippen molar-refractivity contribution in [2.45, 2.75) is 0 Å². The van der Waals surface area contributed by atoms with E-state index in [1.807, 2.05) is 48.5 Å². The molecule has 22 heavy (non-hydrogen) atoms. The van der Waals surface area contributed by atoms with E-state index in [1.54, 1.807) is 0 Å². The van der Waals surface area contributed by atoms with Gasteiger partial charge in [-0.05, 0) is 30.3 Å². The van der Waals surface area contributed by atoms with Crippen molar-refractivity contribution in [3.63, 3.8) is 0 Å². The summed E-state index contributed by atoms with van der Waals surface area (Å²) in [6, 6.07) is 15.3. The molecule has 2 heterocycles. The van der Waals surface area contributed by atoms with Crippen LogP contribution < -0.4 is 11.1 Å². The molecule has 2 aromatic heterocycles. The number of nitrogen functional groups attached to an aromatic ring is 1. The van der Waals surface area contributed by atoms with E-state index < -0.39 is 0 Å². The Hall–Kier alpha value is -2.79. The molecule has 108 valence electrons. The summed E-state index contributed by atoms with van der Waals surface area (Å²) in [5, 5.41) is 12.8. The van der Waals surface area contributed by atoms with Crippen LogP contribution in [0.15, 0.2) is 48.5 Å². The summed E-state index contributed by atoms with van der Waals surface area (Å²) in [7, 11) is 0. The smallest absolute Gasteiger partial charge is 0.156 e. The number of benzene rings is 2. The molecule has 0 fully saturated rings. The minimum Gasteiger partial charge on any atom is -0.382 e. The molecule has 4 rings (SSSR count). The van der Waals surface area contributed by atoms with E-state index in [1.165, 1.54) is 0 Å². The summed E-state index contributed by atoms with van der Waals surface area (Å²) in [5.41, 5.74) is 8.63. The number of rotatable bonds is 2. The van der Waals surface area contributed by atoms with Crippen molar-refractivity contribution < 1.29 is 0 Å². The number of hydrogen-bond acceptors (Lipinski definition) is 4. The SMILES string of the molecule is Nc1n[nH]c2c1c(Nc1ccc(Cl)cc1)nc1ccccc12. The largest absolute Gasteiger partial charge is 0.382 e. The molecule has 6 heteroatoms. The molecule has 4 N–H and O–H groups in total. The molecular weight excluding hydrogens is 298 g/mol. The Labute approximate surface area is 131 Å². The summed E-state index contributed by atoms with van der Waals surface area (Å²) in [6.45, 7) is 0. The number of halogens is 1. The second-order valence-electron chi connectivity index (χ2n) is 4.97. The predicted molar refractivity (Wildman–Crippen MR) is 90.5 cm³/mol. The molecule has 0 unspecified atom stereocenters. The van der Waals surface area contributed by atoms with Crippen LogP contribution in [0.5, 0.6) is 0 Å². The Balaban J connectivity index is 1.94. The second kappa shape index (κ2) is 4.89. The number of H-pyrrole nitrogens is 1. The lowest BCUT2D eigenvalue weighted by Gasteiger charge is -2.09. The number of nitrogens with zero attached hydrogens (tertiary/aromatic N) is 2. The molecule has 0 aliphatic carbocycles. The molecule has 0 aliphatic heterocycles. The number of aromatic amines is 1. The zero-order valence-corrected chi connectivity index (χ0v) is 12.2. The van der Waals surface area contributed by atoms with Gasteiger partial charge in [-0.1, -0.05) is 29.8 Å². The van der Waals surface area contributed by atoms with Crippen molar-refractivity contribution in [3.05, 3.63) is 53.6 Å². The van der Waals surface area contributed by atoms with Crippen LogP contribution in [0.4, 0.5) is 17.3 Å². The third-order valence-corrected chi connectivity index (χ3v) is 3.80. The number of aromatic nitrogens is 3. The molecule has 0 atom stereocenters. The van der Waals surface area contributed by atoms with Crippen LogP contribution in [-0.2, 0) is 0 Å². The highest BCUT2D eigenvalue weighted by molar-refractivity contribution is 6.30. The van der Waals surface area contributed by atoms with Gasteiger partial charge in [0, 0.05) is 16.1 Å². The Bertz CT molecular complexity index is 975. The number of fused-ring (bicyclic) bond motifs is 3. The van der Waals surface area contributed by atoms with Crippen LogP contribution in [-0.4, -0.2) is 15.2 Å². The van der Waals surface area contributed by atoms with Gasteiger partial charge in [0.1, 0.15) is 5.82 Å². The van der Waals surface area contributed by atoms with Gasteiger partial charge >= 0.3 is 0 Å². The maximum absolute atomic E-state index is 6.00. The first-order valence-electron chi connectivity index (χ1n) is 6.77. The van der Waals surface area contributed by atoms with E-state index in [-0.39, 0.29) is 0 Å². The van der Waals surface area contributed by atoms with Crippen LogP contribution in [0.1, 0.15) is 0 Å². The summed E-state index contributed by atoms with van der Waals surface area (Å²) in [5.74, 6) is 1.09. The highest BCUT2D eigenvalue weighted by atomic mass is 35.5. The average Bonchev–Trinajstić information content (AvgIpc) is 2.92. The third kappa shape index (κ3) is 2.03. The number of pyridine rings is 1. The average molecular weight is 310 g/mol. The van der Waals surface area contributed by atoms with Crippen molar-refractivity contribution in [1.29, 1.82) is 0 Å². The first kappa shape index (κ1) is 12.9. The first-order chi connectivity index (χ1) is 10.7. The number of hydrogen-bond donors (Lipinski definition) is 3. The lowest BCUT2D eigenvalue weighted by Crippen LogP contribution is -1.97. The topological polar surface area (TPSA) is 79.6 Å². The Morgan fingerprint density at radius 2 is 1.82 bits per heavy atom. The fraction of sp³-hybridized carbons (Fsp3) is 0. The zero-order chi connectivity index (χ0) is 15.1. The first-order valence-corrected chi connectivity index (χ1v) is 7.15. The normalized spacial score (nSPS) is 11.1. The third-order valence-electron chi connectivity index (χ3n) is 3.54. The fourth-order valence-electron chi connectivity index (χ4n) is 2.51. The van der Waals surface area contributed by atoms with E-state index in [0.717, 1.165) is 27.5 Å². The maximum atomic E-state index is 6.00. The molecule has 5 nitrogen and oxygen atoms in total. The van der Waals surface area contributed by atoms with Crippen molar-refractivity contribution in [1.82, 2.24) is 15.2 Å². The molecule has 0 bridgehead atoms. The standard InChI is InChI=1S/C16H12ClN5/c17-9-5-7-10(8-6-9)19-16-13-14(21-22-15(13)18)11-3-1-2-4-12(11)20-16/h1-8H,(H,19,20)(H3,18,21,22). The van der Waals surface area contributed by atoms with Crippen LogP contribution in [0.3, 0.4) is 0 Å². The highest BCUT2D eigenvalue weighted by Gasteiger charge is 2.13. The molecule has 0 radical (unpaired) electrons. The van der Waals surface area contributed by atoms with Crippen molar-refractivity contribution in [2.24, 2.45) is 0 Å². The van der Waals surface area contributed by atoms with Gasteiger partial charge in [0.05, 0.1) is 16.4 Å². The quantitative estimate of drug-likeness (QED) is 0.521. The van der Waals surface area contributed by atoms with Crippen molar-refractivity contribution in [3.8, 4) is 0 Å². The van der Waals surface area contributed by atoms with Crippen LogP contribution in [0.2, 0.25) is 5.02 Å². The predicted octanol–water partition coefficient (Wildman–Crippen LogP) is 4.09.